The minimum absolute atomic E-state index is 0.0891. The topological polar surface area (TPSA) is 61.0 Å². The molecule has 1 aliphatic rings. The van der Waals surface area contributed by atoms with Crippen molar-refractivity contribution in [2.24, 2.45) is 5.73 Å². The Balaban J connectivity index is 2.10. The van der Waals surface area contributed by atoms with E-state index in [2.05, 4.69) is 9.97 Å². The Morgan fingerprint density at radius 2 is 1.93 bits per heavy atom. The van der Waals surface area contributed by atoms with Gasteiger partial charge >= 0.3 is 6.01 Å². The molecule has 1 heterocycles. The van der Waals surface area contributed by atoms with Crippen molar-refractivity contribution in [3.05, 3.63) is 17.5 Å². The maximum Gasteiger partial charge on any atom is 0.317 e. The normalized spacial score (nSPS) is 25.5. The van der Waals surface area contributed by atoms with Gasteiger partial charge in [0, 0.05) is 17.4 Å². The number of hydrogen-bond acceptors (Lipinski definition) is 4. The molecule has 0 radical (unpaired) electrons. The first-order valence-electron chi connectivity index (χ1n) is 5.39. The summed E-state index contributed by atoms with van der Waals surface area (Å²) < 4.78 is 5.70. The van der Waals surface area contributed by atoms with Gasteiger partial charge in [-0.2, -0.15) is 0 Å². The van der Waals surface area contributed by atoms with Crippen LogP contribution in [0.4, 0.5) is 0 Å². The summed E-state index contributed by atoms with van der Waals surface area (Å²) in [5.74, 6) is 0. The lowest BCUT2D eigenvalue weighted by atomic mass is 10.2. The fourth-order valence-electron chi connectivity index (χ4n) is 1.98. The Kier molecular flexibility index (Phi) is 2.86. The standard InChI is InChI=1S/C11H17N3O/c1-7-6-8(2)14-11(13-7)15-10-5-3-4-9(10)12/h6,9-10H,3-5,12H2,1-2H3. The molecule has 2 rings (SSSR count). The predicted molar refractivity (Wildman–Crippen MR) is 57.7 cm³/mol. The molecule has 0 spiro atoms. The van der Waals surface area contributed by atoms with Gasteiger partial charge in [0.1, 0.15) is 6.10 Å². The van der Waals surface area contributed by atoms with Gasteiger partial charge in [0.05, 0.1) is 0 Å². The third-order valence-corrected chi connectivity index (χ3v) is 2.72. The lowest BCUT2D eigenvalue weighted by Crippen LogP contribution is -2.34. The molecule has 0 bridgehead atoms. The highest BCUT2D eigenvalue weighted by molar-refractivity contribution is 5.11. The summed E-state index contributed by atoms with van der Waals surface area (Å²) in [5, 5.41) is 0. The second kappa shape index (κ2) is 4.14. The van der Waals surface area contributed by atoms with Crippen molar-refractivity contribution < 1.29 is 4.74 Å². The molecule has 2 N–H and O–H groups in total. The van der Waals surface area contributed by atoms with Crippen LogP contribution in [-0.4, -0.2) is 22.1 Å². The molecule has 1 aromatic heterocycles. The van der Waals surface area contributed by atoms with Crippen molar-refractivity contribution in [2.75, 3.05) is 0 Å². The lowest BCUT2D eigenvalue weighted by molar-refractivity contribution is 0.174. The van der Waals surface area contributed by atoms with Gasteiger partial charge in [0.15, 0.2) is 0 Å². The maximum atomic E-state index is 5.92. The molecule has 0 amide bonds. The largest absolute Gasteiger partial charge is 0.458 e. The minimum Gasteiger partial charge on any atom is -0.458 e. The predicted octanol–water partition coefficient (Wildman–Crippen LogP) is 1.35. The molecule has 1 aliphatic carbocycles. The summed E-state index contributed by atoms with van der Waals surface area (Å²) in [6.45, 7) is 3.88. The highest BCUT2D eigenvalue weighted by Gasteiger charge is 2.26. The molecular formula is C11H17N3O. The number of hydrogen-bond donors (Lipinski definition) is 1. The highest BCUT2D eigenvalue weighted by Crippen LogP contribution is 2.21. The van der Waals surface area contributed by atoms with Crippen molar-refractivity contribution >= 4 is 0 Å². The summed E-state index contributed by atoms with van der Waals surface area (Å²) in [6, 6.07) is 2.53. The second-order valence-corrected chi connectivity index (χ2v) is 4.18. The van der Waals surface area contributed by atoms with Gasteiger partial charge in [-0.05, 0) is 39.2 Å². The van der Waals surface area contributed by atoms with E-state index in [1.807, 2.05) is 19.9 Å². The van der Waals surface area contributed by atoms with Gasteiger partial charge in [0.2, 0.25) is 0 Å². The molecule has 4 heteroatoms. The first-order chi connectivity index (χ1) is 7.15. The molecule has 2 unspecified atom stereocenters. The van der Waals surface area contributed by atoms with Crippen LogP contribution < -0.4 is 10.5 Å². The Bertz CT molecular complexity index is 333. The van der Waals surface area contributed by atoms with Crippen LogP contribution in [0.25, 0.3) is 0 Å². The van der Waals surface area contributed by atoms with E-state index in [1.165, 1.54) is 0 Å². The van der Waals surface area contributed by atoms with Crippen LogP contribution in [0.1, 0.15) is 30.7 Å². The monoisotopic (exact) mass is 207 g/mol. The van der Waals surface area contributed by atoms with Crippen molar-refractivity contribution in [2.45, 2.75) is 45.3 Å². The number of nitrogens with two attached hydrogens (primary N) is 1. The average Bonchev–Trinajstić information content (AvgIpc) is 2.50. The summed E-state index contributed by atoms with van der Waals surface area (Å²) in [7, 11) is 0. The fourth-order valence-corrected chi connectivity index (χ4v) is 1.98. The van der Waals surface area contributed by atoms with Gasteiger partial charge in [0.25, 0.3) is 0 Å². The van der Waals surface area contributed by atoms with Crippen LogP contribution in [0.3, 0.4) is 0 Å². The van der Waals surface area contributed by atoms with Crippen LogP contribution >= 0.6 is 0 Å². The van der Waals surface area contributed by atoms with Gasteiger partial charge in [-0.25, -0.2) is 9.97 Å². The number of aromatic nitrogens is 2. The molecule has 1 saturated carbocycles. The number of ether oxygens (including phenoxy) is 1. The molecule has 0 saturated heterocycles. The Hall–Kier alpha value is -1.16. The van der Waals surface area contributed by atoms with Gasteiger partial charge < -0.3 is 10.5 Å². The third-order valence-electron chi connectivity index (χ3n) is 2.72. The zero-order valence-corrected chi connectivity index (χ0v) is 9.23. The summed E-state index contributed by atoms with van der Waals surface area (Å²) in [5.41, 5.74) is 7.79. The maximum absolute atomic E-state index is 5.92. The van der Waals surface area contributed by atoms with Gasteiger partial charge in [-0.15, -0.1) is 0 Å². The van der Waals surface area contributed by atoms with Crippen molar-refractivity contribution in [3.8, 4) is 6.01 Å². The molecule has 1 fully saturated rings. The van der Waals surface area contributed by atoms with Crippen LogP contribution in [-0.2, 0) is 0 Å². The summed E-state index contributed by atoms with van der Waals surface area (Å²) in [6.07, 6.45) is 3.27. The quantitative estimate of drug-likeness (QED) is 0.795. The van der Waals surface area contributed by atoms with Gasteiger partial charge in [-0.3, -0.25) is 0 Å². The molecular weight excluding hydrogens is 190 g/mol. The van der Waals surface area contributed by atoms with Gasteiger partial charge in [-0.1, -0.05) is 0 Å². The molecule has 1 aromatic rings. The third kappa shape index (κ3) is 2.45. The highest BCUT2D eigenvalue weighted by atomic mass is 16.5. The molecule has 0 aromatic carbocycles. The zero-order valence-electron chi connectivity index (χ0n) is 9.23. The van der Waals surface area contributed by atoms with E-state index >= 15 is 0 Å². The van der Waals surface area contributed by atoms with E-state index in [1.54, 1.807) is 0 Å². The van der Waals surface area contributed by atoms with Crippen LogP contribution in [0.2, 0.25) is 0 Å². The first-order valence-corrected chi connectivity index (χ1v) is 5.39. The van der Waals surface area contributed by atoms with E-state index < -0.39 is 0 Å². The molecule has 2 atom stereocenters. The molecule has 82 valence electrons. The van der Waals surface area contributed by atoms with Crippen LogP contribution in [0, 0.1) is 13.8 Å². The zero-order chi connectivity index (χ0) is 10.8. The second-order valence-electron chi connectivity index (χ2n) is 4.18. The molecule has 15 heavy (non-hydrogen) atoms. The fraction of sp³-hybridized carbons (Fsp3) is 0.636. The SMILES string of the molecule is Cc1cc(C)nc(OC2CCCC2N)n1. The van der Waals surface area contributed by atoms with E-state index in [9.17, 15) is 0 Å². The Morgan fingerprint density at radius 3 is 2.47 bits per heavy atom. The number of aryl methyl sites for hydroxylation is 2. The Labute approximate surface area is 89.9 Å². The molecule has 0 aliphatic heterocycles. The van der Waals surface area contributed by atoms with E-state index in [4.69, 9.17) is 10.5 Å². The van der Waals surface area contributed by atoms with Crippen molar-refractivity contribution in [1.29, 1.82) is 0 Å². The smallest absolute Gasteiger partial charge is 0.317 e. The van der Waals surface area contributed by atoms with Crippen LogP contribution in [0.15, 0.2) is 6.07 Å². The van der Waals surface area contributed by atoms with Crippen molar-refractivity contribution in [1.82, 2.24) is 9.97 Å². The summed E-state index contributed by atoms with van der Waals surface area (Å²) >= 11 is 0. The Morgan fingerprint density at radius 1 is 1.27 bits per heavy atom. The number of rotatable bonds is 2. The van der Waals surface area contributed by atoms with Crippen molar-refractivity contribution in [3.63, 3.8) is 0 Å². The number of nitrogens with zero attached hydrogens (tertiary/aromatic N) is 2. The molecule has 4 nitrogen and oxygen atoms in total. The van der Waals surface area contributed by atoms with E-state index in [0.29, 0.717) is 6.01 Å². The summed E-state index contributed by atoms with van der Waals surface area (Å²) in [4.78, 5) is 8.49. The average molecular weight is 207 g/mol. The van der Waals surface area contributed by atoms with E-state index in [-0.39, 0.29) is 12.1 Å². The van der Waals surface area contributed by atoms with E-state index in [0.717, 1.165) is 30.7 Å². The first kappa shape index (κ1) is 10.4. The lowest BCUT2D eigenvalue weighted by Gasteiger charge is -2.16. The minimum atomic E-state index is 0.0891. The van der Waals surface area contributed by atoms with Crippen LogP contribution in [0.5, 0.6) is 6.01 Å².